The number of methoxy groups -OCH3 is 1. The Morgan fingerprint density at radius 3 is 2.47 bits per heavy atom. The number of benzene rings is 1. The van der Waals surface area contributed by atoms with Crippen LogP contribution in [0.15, 0.2) is 48.4 Å². The lowest BCUT2D eigenvalue weighted by molar-refractivity contribution is -0.403. The minimum absolute atomic E-state index is 0.392. The second-order valence-corrected chi connectivity index (χ2v) is 4.00. The van der Waals surface area contributed by atoms with E-state index in [9.17, 15) is 10.1 Å². The van der Waals surface area contributed by atoms with Crippen LogP contribution in [0.3, 0.4) is 0 Å². The molecule has 0 aliphatic carbocycles. The van der Waals surface area contributed by atoms with Gasteiger partial charge >= 0.3 is 0 Å². The zero-order valence-electron chi connectivity index (χ0n) is 11.2. The number of nitrogens with one attached hydrogen (secondary N) is 1. The minimum Gasteiger partial charge on any atom is -0.497 e. The van der Waals surface area contributed by atoms with Crippen LogP contribution in [0.4, 0.5) is 5.69 Å². The van der Waals surface area contributed by atoms with Crippen molar-refractivity contribution in [2.24, 2.45) is 0 Å². The standard InChI is InChI=1S/C13H17N3O3/c1-15(2)9-8-12(10-16(17)18)14-11-4-6-13(19-3)7-5-11/h4-10,14H,1-3H3/b9-8-,12-10+. The second kappa shape index (κ2) is 7.05. The molecule has 0 spiro atoms. The third-order valence-electron chi connectivity index (χ3n) is 2.18. The molecule has 1 aromatic carbocycles. The molecular weight excluding hydrogens is 246 g/mol. The summed E-state index contributed by atoms with van der Waals surface area (Å²) in [4.78, 5) is 11.9. The number of hydrogen-bond acceptors (Lipinski definition) is 5. The zero-order chi connectivity index (χ0) is 14.3. The van der Waals surface area contributed by atoms with E-state index in [-0.39, 0.29) is 0 Å². The Morgan fingerprint density at radius 1 is 1.37 bits per heavy atom. The van der Waals surface area contributed by atoms with E-state index in [0.29, 0.717) is 5.70 Å². The summed E-state index contributed by atoms with van der Waals surface area (Å²) in [5.41, 5.74) is 1.14. The average molecular weight is 263 g/mol. The molecule has 19 heavy (non-hydrogen) atoms. The maximum atomic E-state index is 10.6. The second-order valence-electron chi connectivity index (χ2n) is 4.00. The first-order valence-electron chi connectivity index (χ1n) is 5.62. The highest BCUT2D eigenvalue weighted by Gasteiger charge is 2.01. The quantitative estimate of drug-likeness (QED) is 0.484. The van der Waals surface area contributed by atoms with E-state index in [1.54, 1.807) is 48.6 Å². The lowest BCUT2D eigenvalue weighted by atomic mass is 10.3. The summed E-state index contributed by atoms with van der Waals surface area (Å²) >= 11 is 0. The molecule has 0 amide bonds. The van der Waals surface area contributed by atoms with E-state index in [1.165, 1.54) is 0 Å². The van der Waals surface area contributed by atoms with Gasteiger partial charge in [0.1, 0.15) is 11.4 Å². The van der Waals surface area contributed by atoms with Gasteiger partial charge in [-0.25, -0.2) is 0 Å². The van der Waals surface area contributed by atoms with Crippen LogP contribution < -0.4 is 10.1 Å². The van der Waals surface area contributed by atoms with Crippen molar-refractivity contribution in [2.45, 2.75) is 0 Å². The lowest BCUT2D eigenvalue weighted by Crippen LogP contribution is -2.04. The Morgan fingerprint density at radius 2 is 2.00 bits per heavy atom. The number of rotatable bonds is 6. The average Bonchev–Trinajstić information content (AvgIpc) is 2.36. The van der Waals surface area contributed by atoms with Gasteiger partial charge in [0.05, 0.1) is 12.0 Å². The molecule has 102 valence electrons. The summed E-state index contributed by atoms with van der Waals surface area (Å²) in [5.74, 6) is 0.731. The van der Waals surface area contributed by atoms with Gasteiger partial charge in [-0.1, -0.05) is 0 Å². The molecule has 1 rings (SSSR count). The van der Waals surface area contributed by atoms with Gasteiger partial charge in [0.25, 0.3) is 6.20 Å². The Kier molecular flexibility index (Phi) is 5.40. The van der Waals surface area contributed by atoms with E-state index in [4.69, 9.17) is 4.74 Å². The molecule has 1 aromatic rings. The number of ether oxygens (including phenoxy) is 1. The van der Waals surface area contributed by atoms with Crippen LogP contribution in [0.5, 0.6) is 5.75 Å². The third kappa shape index (κ3) is 5.58. The molecule has 6 nitrogen and oxygen atoms in total. The number of hydrogen-bond donors (Lipinski definition) is 1. The molecule has 6 heteroatoms. The smallest absolute Gasteiger partial charge is 0.257 e. The van der Waals surface area contributed by atoms with Crippen molar-refractivity contribution >= 4 is 5.69 Å². The van der Waals surface area contributed by atoms with Gasteiger partial charge in [0.2, 0.25) is 0 Å². The van der Waals surface area contributed by atoms with Crippen LogP contribution in [0.25, 0.3) is 0 Å². The van der Waals surface area contributed by atoms with E-state index in [2.05, 4.69) is 5.32 Å². The van der Waals surface area contributed by atoms with Crippen molar-refractivity contribution in [1.29, 1.82) is 0 Å². The van der Waals surface area contributed by atoms with Crippen molar-refractivity contribution in [2.75, 3.05) is 26.5 Å². The first kappa shape index (κ1) is 14.6. The summed E-state index contributed by atoms with van der Waals surface area (Å²) in [6, 6.07) is 7.13. The van der Waals surface area contributed by atoms with Gasteiger partial charge in [-0.15, -0.1) is 0 Å². The van der Waals surface area contributed by atoms with Gasteiger partial charge in [-0.3, -0.25) is 10.1 Å². The van der Waals surface area contributed by atoms with Crippen molar-refractivity contribution < 1.29 is 9.66 Å². The molecule has 0 unspecified atom stereocenters. The lowest BCUT2D eigenvalue weighted by Gasteiger charge is -2.08. The number of nitro groups is 1. The van der Waals surface area contributed by atoms with Gasteiger partial charge < -0.3 is 15.0 Å². The molecule has 0 fully saturated rings. The summed E-state index contributed by atoms with van der Waals surface area (Å²) in [7, 11) is 5.27. The monoisotopic (exact) mass is 263 g/mol. The summed E-state index contributed by atoms with van der Waals surface area (Å²) < 4.78 is 5.05. The first-order valence-corrected chi connectivity index (χ1v) is 5.62. The zero-order valence-corrected chi connectivity index (χ0v) is 11.2. The Bertz CT molecular complexity index is 478. The molecule has 0 aliphatic heterocycles. The normalized spacial score (nSPS) is 11.4. The third-order valence-corrected chi connectivity index (χ3v) is 2.18. The number of allylic oxidation sites excluding steroid dienone is 1. The highest BCUT2D eigenvalue weighted by atomic mass is 16.6. The van der Waals surface area contributed by atoms with Crippen molar-refractivity contribution in [3.63, 3.8) is 0 Å². The molecule has 0 heterocycles. The molecule has 0 atom stereocenters. The molecule has 0 aliphatic rings. The fraction of sp³-hybridized carbons (Fsp3) is 0.231. The number of nitrogens with zero attached hydrogens (tertiary/aromatic N) is 2. The SMILES string of the molecule is COc1ccc(NC(/C=C\N(C)C)=C/[N+](=O)[O-])cc1. The summed E-state index contributed by atoms with van der Waals surface area (Å²) in [6.07, 6.45) is 4.28. The van der Waals surface area contributed by atoms with Crippen molar-refractivity contribution in [3.05, 3.63) is 58.6 Å². The van der Waals surface area contributed by atoms with Crippen molar-refractivity contribution in [1.82, 2.24) is 4.90 Å². The molecule has 0 aromatic heterocycles. The molecule has 0 bridgehead atoms. The van der Waals surface area contributed by atoms with E-state index < -0.39 is 4.92 Å². The van der Waals surface area contributed by atoms with Crippen LogP contribution in [-0.2, 0) is 0 Å². The van der Waals surface area contributed by atoms with Gasteiger partial charge in [-0.2, -0.15) is 0 Å². The first-order chi connectivity index (χ1) is 9.01. The maximum absolute atomic E-state index is 10.6. The van der Waals surface area contributed by atoms with Gasteiger partial charge in [0.15, 0.2) is 0 Å². The number of anilines is 1. The predicted octanol–water partition coefficient (Wildman–Crippen LogP) is 2.30. The highest BCUT2D eigenvalue weighted by molar-refractivity contribution is 5.52. The van der Waals surface area contributed by atoms with E-state index >= 15 is 0 Å². The molecular formula is C13H17N3O3. The summed E-state index contributed by atoms with van der Waals surface area (Å²) in [5, 5.41) is 13.5. The largest absolute Gasteiger partial charge is 0.497 e. The van der Waals surface area contributed by atoms with E-state index in [0.717, 1.165) is 17.6 Å². The Balaban J connectivity index is 2.84. The van der Waals surface area contributed by atoms with Crippen molar-refractivity contribution in [3.8, 4) is 5.75 Å². The molecule has 0 saturated carbocycles. The van der Waals surface area contributed by atoms with Crippen LogP contribution in [-0.4, -0.2) is 31.0 Å². The van der Waals surface area contributed by atoms with Crippen LogP contribution >= 0.6 is 0 Å². The van der Waals surface area contributed by atoms with Crippen LogP contribution in [0, 0.1) is 10.1 Å². The Hall–Kier alpha value is -2.50. The Labute approximate surface area is 112 Å². The minimum atomic E-state index is -0.494. The fourth-order valence-corrected chi connectivity index (χ4v) is 1.30. The topological polar surface area (TPSA) is 67.6 Å². The fourth-order valence-electron chi connectivity index (χ4n) is 1.30. The molecule has 0 saturated heterocycles. The predicted molar refractivity (Wildman–Crippen MR) is 74.5 cm³/mol. The van der Waals surface area contributed by atoms with Gasteiger partial charge in [-0.05, 0) is 30.3 Å². The van der Waals surface area contributed by atoms with Crippen LogP contribution in [0.2, 0.25) is 0 Å². The molecule has 1 N–H and O–H groups in total. The summed E-state index contributed by atoms with van der Waals surface area (Å²) in [6.45, 7) is 0. The van der Waals surface area contributed by atoms with E-state index in [1.807, 2.05) is 14.1 Å². The van der Waals surface area contributed by atoms with Gasteiger partial charge in [0, 0.05) is 26.0 Å². The highest BCUT2D eigenvalue weighted by Crippen LogP contribution is 2.16. The van der Waals surface area contributed by atoms with Crippen LogP contribution in [0.1, 0.15) is 0 Å². The maximum Gasteiger partial charge on any atom is 0.257 e. The molecule has 0 radical (unpaired) electrons.